The average Bonchev–Trinajstić information content (AvgIpc) is 2.65. The van der Waals surface area contributed by atoms with Crippen molar-refractivity contribution < 1.29 is 34.8 Å². The number of alkyl halides is 3. The minimum atomic E-state index is -5.49. The van der Waals surface area contributed by atoms with Crippen molar-refractivity contribution >= 4 is 25.8 Å². The van der Waals surface area contributed by atoms with Gasteiger partial charge in [0.25, 0.3) is 15.7 Å². The summed E-state index contributed by atoms with van der Waals surface area (Å²) in [6.45, 7) is -0.0471. The van der Waals surface area contributed by atoms with Crippen LogP contribution in [0.2, 0.25) is 0 Å². The van der Waals surface area contributed by atoms with Crippen LogP contribution >= 0.6 is 0 Å². The van der Waals surface area contributed by atoms with E-state index in [-0.39, 0.29) is 17.0 Å². The standard InChI is InChI=1S/C16H15F3N2O5S2/c1-20-28(25,26)14-4-2-3-11(9-14)10-21-15(22)12-5-7-13(8-6-12)27(23,24)16(17,18)19/h2-9,20H,10H2,1H3,(H,21,22). The van der Waals surface area contributed by atoms with Crippen molar-refractivity contribution in [2.75, 3.05) is 7.05 Å². The molecule has 28 heavy (non-hydrogen) atoms. The predicted octanol–water partition coefficient (Wildman–Crippen LogP) is 1.82. The van der Waals surface area contributed by atoms with Crippen LogP contribution in [-0.2, 0) is 26.4 Å². The molecular weight excluding hydrogens is 421 g/mol. The molecule has 0 aromatic heterocycles. The second-order valence-corrected chi connectivity index (χ2v) is 9.34. The van der Waals surface area contributed by atoms with Gasteiger partial charge in [0.05, 0.1) is 9.79 Å². The number of sulfonamides is 1. The fraction of sp³-hybridized carbons (Fsp3) is 0.188. The SMILES string of the molecule is CNS(=O)(=O)c1cccc(CNC(=O)c2ccc(S(=O)(=O)C(F)(F)F)cc2)c1. The van der Waals surface area contributed by atoms with E-state index >= 15 is 0 Å². The number of carbonyl (C=O) groups is 1. The second kappa shape index (κ2) is 7.89. The molecule has 0 atom stereocenters. The Labute approximate surface area is 159 Å². The van der Waals surface area contributed by atoms with Crippen LogP contribution in [0.15, 0.2) is 58.3 Å². The van der Waals surface area contributed by atoms with Crippen LogP contribution in [0.25, 0.3) is 0 Å². The van der Waals surface area contributed by atoms with E-state index in [1.165, 1.54) is 25.2 Å². The first-order chi connectivity index (χ1) is 12.9. The van der Waals surface area contributed by atoms with Gasteiger partial charge in [-0.3, -0.25) is 4.79 Å². The lowest BCUT2D eigenvalue weighted by Crippen LogP contribution is -2.25. The zero-order valence-electron chi connectivity index (χ0n) is 14.3. The third-order valence-corrected chi connectivity index (χ3v) is 6.58. The molecule has 1 amide bonds. The average molecular weight is 436 g/mol. The van der Waals surface area contributed by atoms with Gasteiger partial charge < -0.3 is 5.32 Å². The van der Waals surface area contributed by atoms with E-state index < -0.39 is 36.2 Å². The lowest BCUT2D eigenvalue weighted by Gasteiger charge is -2.10. The van der Waals surface area contributed by atoms with E-state index in [4.69, 9.17) is 0 Å². The van der Waals surface area contributed by atoms with Crippen molar-refractivity contribution in [3.05, 3.63) is 59.7 Å². The highest BCUT2D eigenvalue weighted by Crippen LogP contribution is 2.30. The summed E-state index contributed by atoms with van der Waals surface area (Å²) in [6.07, 6.45) is 0. The first kappa shape index (κ1) is 21.9. The van der Waals surface area contributed by atoms with Crippen LogP contribution in [0.4, 0.5) is 13.2 Å². The summed E-state index contributed by atoms with van der Waals surface area (Å²) in [5.74, 6) is -0.669. The molecule has 0 heterocycles. The summed E-state index contributed by atoms with van der Waals surface area (Å²) >= 11 is 0. The van der Waals surface area contributed by atoms with Gasteiger partial charge in [-0.25, -0.2) is 21.6 Å². The van der Waals surface area contributed by atoms with Gasteiger partial charge >= 0.3 is 5.51 Å². The number of rotatable bonds is 6. The van der Waals surface area contributed by atoms with E-state index in [1.54, 1.807) is 6.07 Å². The molecule has 0 aliphatic heterocycles. The zero-order chi connectivity index (χ0) is 21.2. The number of benzene rings is 2. The smallest absolute Gasteiger partial charge is 0.348 e. The number of hydrogen-bond donors (Lipinski definition) is 2. The Morgan fingerprint density at radius 3 is 2.11 bits per heavy atom. The van der Waals surface area contributed by atoms with E-state index in [0.29, 0.717) is 17.7 Å². The normalized spacial score (nSPS) is 12.6. The number of carbonyl (C=O) groups excluding carboxylic acids is 1. The van der Waals surface area contributed by atoms with Gasteiger partial charge in [-0.05, 0) is 49.0 Å². The maximum absolute atomic E-state index is 12.5. The van der Waals surface area contributed by atoms with Gasteiger partial charge in [-0.2, -0.15) is 13.2 Å². The third kappa shape index (κ3) is 4.69. The highest BCUT2D eigenvalue weighted by molar-refractivity contribution is 7.92. The second-order valence-electron chi connectivity index (χ2n) is 5.51. The third-order valence-electron chi connectivity index (χ3n) is 3.66. The van der Waals surface area contributed by atoms with Gasteiger partial charge in [-0.15, -0.1) is 0 Å². The van der Waals surface area contributed by atoms with Crippen LogP contribution in [0.3, 0.4) is 0 Å². The zero-order valence-corrected chi connectivity index (χ0v) is 16.0. The van der Waals surface area contributed by atoms with Gasteiger partial charge in [0.1, 0.15) is 0 Å². The Balaban J connectivity index is 2.12. The Hall–Kier alpha value is -2.44. The molecule has 2 aromatic rings. The fourth-order valence-electron chi connectivity index (χ4n) is 2.14. The van der Waals surface area contributed by atoms with Crippen LogP contribution < -0.4 is 10.0 Å². The minimum absolute atomic E-state index is 0.00320. The molecule has 0 aliphatic rings. The molecule has 152 valence electrons. The molecule has 0 spiro atoms. The lowest BCUT2D eigenvalue weighted by molar-refractivity contribution is -0.0436. The molecule has 0 fully saturated rings. The van der Waals surface area contributed by atoms with Gasteiger partial charge in [0.2, 0.25) is 10.0 Å². The number of halogens is 3. The van der Waals surface area contributed by atoms with Crippen LogP contribution in [-0.4, -0.2) is 35.3 Å². The van der Waals surface area contributed by atoms with Crippen molar-refractivity contribution in [2.45, 2.75) is 21.8 Å². The molecule has 0 aliphatic carbocycles. The summed E-state index contributed by atoms with van der Waals surface area (Å²) in [4.78, 5) is 11.1. The van der Waals surface area contributed by atoms with E-state index in [0.717, 1.165) is 12.1 Å². The molecule has 12 heteroatoms. The summed E-state index contributed by atoms with van der Waals surface area (Å²) in [5, 5.41) is 2.47. The van der Waals surface area contributed by atoms with Crippen LogP contribution in [0.1, 0.15) is 15.9 Å². The van der Waals surface area contributed by atoms with Gasteiger partial charge in [0.15, 0.2) is 0 Å². The number of nitrogens with one attached hydrogen (secondary N) is 2. The van der Waals surface area contributed by atoms with Crippen LogP contribution in [0.5, 0.6) is 0 Å². The monoisotopic (exact) mass is 436 g/mol. The highest BCUT2D eigenvalue weighted by atomic mass is 32.2. The lowest BCUT2D eigenvalue weighted by atomic mass is 10.2. The number of sulfone groups is 1. The molecular formula is C16H15F3N2O5S2. The Morgan fingerprint density at radius 1 is 0.964 bits per heavy atom. The maximum atomic E-state index is 12.5. The molecule has 2 aromatic carbocycles. The first-order valence-electron chi connectivity index (χ1n) is 7.60. The number of amides is 1. The number of hydrogen-bond acceptors (Lipinski definition) is 5. The van der Waals surface area contributed by atoms with Crippen LogP contribution in [0, 0.1) is 0 Å². The molecule has 0 radical (unpaired) electrons. The van der Waals surface area contributed by atoms with E-state index in [1.807, 2.05) is 0 Å². The summed E-state index contributed by atoms with van der Waals surface area (Å²) in [5.41, 5.74) is -5.02. The molecule has 2 N–H and O–H groups in total. The Morgan fingerprint density at radius 2 is 1.57 bits per heavy atom. The summed E-state index contributed by atoms with van der Waals surface area (Å²) < 4.78 is 85.8. The fourth-order valence-corrected chi connectivity index (χ4v) is 3.71. The largest absolute Gasteiger partial charge is 0.501 e. The van der Waals surface area contributed by atoms with Crippen molar-refractivity contribution in [3.8, 4) is 0 Å². The topological polar surface area (TPSA) is 109 Å². The molecule has 0 bridgehead atoms. The van der Waals surface area contributed by atoms with E-state index in [2.05, 4.69) is 10.0 Å². The quantitative estimate of drug-likeness (QED) is 0.718. The molecule has 7 nitrogen and oxygen atoms in total. The van der Waals surface area contributed by atoms with Gasteiger partial charge in [-0.1, -0.05) is 12.1 Å². The first-order valence-corrected chi connectivity index (χ1v) is 10.6. The predicted molar refractivity (Wildman–Crippen MR) is 93.5 cm³/mol. The summed E-state index contributed by atoms with van der Waals surface area (Å²) in [7, 11) is -7.89. The minimum Gasteiger partial charge on any atom is -0.348 e. The van der Waals surface area contributed by atoms with Gasteiger partial charge in [0, 0.05) is 12.1 Å². The Kier molecular flexibility index (Phi) is 6.16. The maximum Gasteiger partial charge on any atom is 0.501 e. The van der Waals surface area contributed by atoms with Crippen molar-refractivity contribution in [3.63, 3.8) is 0 Å². The molecule has 0 saturated heterocycles. The molecule has 0 unspecified atom stereocenters. The van der Waals surface area contributed by atoms with Crippen molar-refractivity contribution in [1.29, 1.82) is 0 Å². The summed E-state index contributed by atoms with van der Waals surface area (Å²) in [6, 6.07) is 9.08. The van der Waals surface area contributed by atoms with Crippen molar-refractivity contribution in [1.82, 2.24) is 10.0 Å². The van der Waals surface area contributed by atoms with Crippen molar-refractivity contribution in [2.24, 2.45) is 0 Å². The molecule has 2 rings (SSSR count). The Bertz CT molecular complexity index is 1080. The van der Waals surface area contributed by atoms with E-state index in [9.17, 15) is 34.8 Å². The molecule has 0 saturated carbocycles. The highest BCUT2D eigenvalue weighted by Gasteiger charge is 2.46.